The van der Waals surface area contributed by atoms with Crippen LogP contribution in [0.1, 0.15) is 38.8 Å². The maximum Gasteiger partial charge on any atom is 0.415 e. The van der Waals surface area contributed by atoms with E-state index in [1.54, 1.807) is 30.3 Å². The third kappa shape index (κ3) is 4.46. The molecule has 0 heterocycles. The highest BCUT2D eigenvalue weighted by molar-refractivity contribution is 5.87. The van der Waals surface area contributed by atoms with Gasteiger partial charge in [0.1, 0.15) is 0 Å². The average molecular weight is 302 g/mol. The van der Waals surface area contributed by atoms with Crippen LogP contribution in [0.25, 0.3) is 0 Å². The number of carbonyl (C=O) groups is 1. The lowest BCUT2D eigenvalue weighted by Gasteiger charge is -2.29. The van der Waals surface area contributed by atoms with Crippen LogP contribution >= 0.6 is 0 Å². The molecule has 0 aromatic heterocycles. The minimum atomic E-state index is -4.80. The molecule has 3 N–H and O–H groups in total. The molecule has 6 heteroatoms. The van der Waals surface area contributed by atoms with Gasteiger partial charge in [0, 0.05) is 0 Å². The number of alkyl halides is 3. The van der Waals surface area contributed by atoms with E-state index in [9.17, 15) is 18.0 Å². The molecule has 0 radical (unpaired) electrons. The van der Waals surface area contributed by atoms with E-state index in [-0.39, 0.29) is 5.92 Å². The number of hydrogen-bond acceptors (Lipinski definition) is 2. The molecule has 1 aromatic carbocycles. The summed E-state index contributed by atoms with van der Waals surface area (Å²) in [5, 5.41) is 2.43. The number of rotatable bonds is 5. The fourth-order valence-corrected chi connectivity index (χ4v) is 1.87. The summed E-state index contributed by atoms with van der Waals surface area (Å²) in [6.45, 7) is 4.56. The molecule has 2 atom stereocenters. The van der Waals surface area contributed by atoms with Gasteiger partial charge in [-0.05, 0) is 24.8 Å². The van der Waals surface area contributed by atoms with Gasteiger partial charge in [-0.1, -0.05) is 44.2 Å². The monoisotopic (exact) mass is 302 g/mol. The molecule has 0 spiro atoms. The van der Waals surface area contributed by atoms with Gasteiger partial charge in [-0.25, -0.2) is 0 Å². The van der Waals surface area contributed by atoms with Crippen LogP contribution in [0.2, 0.25) is 0 Å². The molecule has 0 aliphatic heterocycles. The first kappa shape index (κ1) is 17.5. The Morgan fingerprint density at radius 1 is 1.24 bits per heavy atom. The van der Waals surface area contributed by atoms with Crippen molar-refractivity contribution in [2.45, 2.75) is 44.9 Å². The summed E-state index contributed by atoms with van der Waals surface area (Å²) >= 11 is 0. The standard InChI is InChI=1S/C15H21F3N2O/c1-10(2)9-12(11-7-5-4-6-8-11)20-13(21)14(3,19)15(16,17)18/h4-8,10,12H,9,19H2,1-3H3,(H,20,21). The highest BCUT2D eigenvalue weighted by Crippen LogP contribution is 2.29. The van der Waals surface area contributed by atoms with E-state index in [1.165, 1.54) is 0 Å². The van der Waals surface area contributed by atoms with Crippen molar-refractivity contribution in [3.05, 3.63) is 35.9 Å². The Morgan fingerprint density at radius 2 is 1.76 bits per heavy atom. The molecule has 0 saturated carbocycles. The van der Waals surface area contributed by atoms with Crippen LogP contribution in [0, 0.1) is 5.92 Å². The summed E-state index contributed by atoms with van der Waals surface area (Å²) in [6.07, 6.45) is -4.26. The van der Waals surface area contributed by atoms with Crippen LogP contribution in [-0.2, 0) is 4.79 Å². The van der Waals surface area contributed by atoms with Crippen molar-refractivity contribution in [2.24, 2.45) is 11.7 Å². The Hall–Kier alpha value is -1.56. The molecule has 0 aliphatic carbocycles. The maximum atomic E-state index is 12.8. The molecule has 0 aliphatic rings. The summed E-state index contributed by atoms with van der Waals surface area (Å²) in [4.78, 5) is 11.9. The van der Waals surface area contributed by atoms with Crippen molar-refractivity contribution < 1.29 is 18.0 Å². The fourth-order valence-electron chi connectivity index (χ4n) is 1.87. The summed E-state index contributed by atoms with van der Waals surface area (Å²) in [5.41, 5.74) is 3.01. The van der Waals surface area contributed by atoms with Gasteiger partial charge >= 0.3 is 6.18 Å². The minimum absolute atomic E-state index is 0.213. The van der Waals surface area contributed by atoms with Gasteiger partial charge in [0.05, 0.1) is 6.04 Å². The topological polar surface area (TPSA) is 55.1 Å². The first-order valence-electron chi connectivity index (χ1n) is 6.77. The Labute approximate surface area is 122 Å². The SMILES string of the molecule is CC(C)CC(NC(=O)C(C)(N)C(F)(F)F)c1ccccc1. The number of benzene rings is 1. The summed E-state index contributed by atoms with van der Waals surface area (Å²) in [6, 6.07) is 8.41. The normalized spacial score (nSPS) is 16.4. The second-order valence-electron chi connectivity index (χ2n) is 5.77. The van der Waals surface area contributed by atoms with Crippen LogP contribution in [0.15, 0.2) is 30.3 Å². The van der Waals surface area contributed by atoms with Crippen LogP contribution in [0.3, 0.4) is 0 Å². The lowest BCUT2D eigenvalue weighted by atomic mass is 9.95. The molecule has 0 saturated heterocycles. The second kappa shape index (κ2) is 6.47. The average Bonchev–Trinajstić information content (AvgIpc) is 2.37. The second-order valence-corrected chi connectivity index (χ2v) is 5.77. The fraction of sp³-hybridized carbons (Fsp3) is 0.533. The minimum Gasteiger partial charge on any atom is -0.347 e. The van der Waals surface area contributed by atoms with Crippen LogP contribution < -0.4 is 11.1 Å². The van der Waals surface area contributed by atoms with Crippen LogP contribution in [-0.4, -0.2) is 17.6 Å². The number of halogens is 3. The highest BCUT2D eigenvalue weighted by atomic mass is 19.4. The Bertz CT molecular complexity index is 470. The van der Waals surface area contributed by atoms with E-state index >= 15 is 0 Å². The summed E-state index contributed by atoms with van der Waals surface area (Å²) in [5.74, 6) is -1.00. The van der Waals surface area contributed by atoms with Gasteiger partial charge in [-0.2, -0.15) is 13.2 Å². The van der Waals surface area contributed by atoms with Crippen molar-refractivity contribution in [3.63, 3.8) is 0 Å². The summed E-state index contributed by atoms with van der Waals surface area (Å²) < 4.78 is 38.4. The zero-order chi connectivity index (χ0) is 16.3. The van der Waals surface area contributed by atoms with Crippen molar-refractivity contribution in [3.8, 4) is 0 Å². The van der Waals surface area contributed by atoms with Crippen LogP contribution in [0.5, 0.6) is 0 Å². The first-order valence-corrected chi connectivity index (χ1v) is 6.77. The van der Waals surface area contributed by atoms with E-state index in [2.05, 4.69) is 5.32 Å². The number of hydrogen-bond donors (Lipinski definition) is 2. The quantitative estimate of drug-likeness (QED) is 0.877. The highest BCUT2D eigenvalue weighted by Gasteiger charge is 2.54. The molecule has 1 aromatic rings. The van der Waals surface area contributed by atoms with Gasteiger partial charge in [-0.3, -0.25) is 4.79 Å². The molecule has 118 valence electrons. The Morgan fingerprint density at radius 3 is 2.19 bits per heavy atom. The van der Waals surface area contributed by atoms with Crippen molar-refractivity contribution in [1.82, 2.24) is 5.32 Å². The van der Waals surface area contributed by atoms with E-state index in [4.69, 9.17) is 5.73 Å². The van der Waals surface area contributed by atoms with Crippen molar-refractivity contribution in [2.75, 3.05) is 0 Å². The molecule has 1 rings (SSSR count). The summed E-state index contributed by atoms with van der Waals surface area (Å²) in [7, 11) is 0. The lowest BCUT2D eigenvalue weighted by Crippen LogP contribution is -2.61. The van der Waals surface area contributed by atoms with Gasteiger partial charge in [0.15, 0.2) is 5.54 Å². The number of carbonyl (C=O) groups excluding carboxylic acids is 1. The molecule has 1 amide bonds. The number of amides is 1. The van der Waals surface area contributed by atoms with Crippen LogP contribution in [0.4, 0.5) is 13.2 Å². The molecule has 0 bridgehead atoms. The molecule has 2 unspecified atom stereocenters. The van der Waals surface area contributed by atoms with E-state index in [1.807, 2.05) is 13.8 Å². The van der Waals surface area contributed by atoms with Gasteiger partial charge in [-0.15, -0.1) is 0 Å². The molecular weight excluding hydrogens is 281 g/mol. The molecule has 3 nitrogen and oxygen atoms in total. The Kier molecular flexibility index (Phi) is 5.39. The largest absolute Gasteiger partial charge is 0.415 e. The van der Waals surface area contributed by atoms with E-state index in [0.29, 0.717) is 13.3 Å². The first-order chi connectivity index (χ1) is 9.55. The van der Waals surface area contributed by atoms with E-state index in [0.717, 1.165) is 5.56 Å². The van der Waals surface area contributed by atoms with Crippen molar-refractivity contribution in [1.29, 1.82) is 0 Å². The zero-order valence-electron chi connectivity index (χ0n) is 12.4. The smallest absolute Gasteiger partial charge is 0.347 e. The maximum absolute atomic E-state index is 12.8. The predicted octanol–water partition coefficient (Wildman–Crippen LogP) is 3.17. The lowest BCUT2D eigenvalue weighted by molar-refractivity contribution is -0.187. The molecule has 0 fully saturated rings. The Balaban J connectivity index is 2.95. The van der Waals surface area contributed by atoms with Crippen molar-refractivity contribution >= 4 is 5.91 Å². The van der Waals surface area contributed by atoms with Gasteiger partial charge < -0.3 is 11.1 Å². The molecular formula is C15H21F3N2O. The third-order valence-corrected chi connectivity index (χ3v) is 3.27. The zero-order valence-corrected chi connectivity index (χ0v) is 12.4. The number of nitrogens with one attached hydrogen (secondary N) is 1. The van der Waals surface area contributed by atoms with E-state index < -0.39 is 23.7 Å². The number of nitrogens with two attached hydrogens (primary N) is 1. The van der Waals surface area contributed by atoms with Gasteiger partial charge in [0.2, 0.25) is 5.91 Å². The third-order valence-electron chi connectivity index (χ3n) is 3.27. The predicted molar refractivity (Wildman–Crippen MR) is 75.4 cm³/mol. The molecule has 21 heavy (non-hydrogen) atoms. The van der Waals surface area contributed by atoms with Gasteiger partial charge in [0.25, 0.3) is 0 Å².